The molecule has 3 atom stereocenters. The van der Waals surface area contributed by atoms with Gasteiger partial charge in [0.15, 0.2) is 5.96 Å². The molecule has 3 aliphatic rings. The van der Waals surface area contributed by atoms with Crippen LogP contribution < -0.4 is 10.6 Å². The van der Waals surface area contributed by atoms with E-state index in [9.17, 15) is 18.0 Å². The molecule has 0 aromatic rings. The third kappa shape index (κ3) is 4.26. The monoisotopic (exact) mass is 374 g/mol. The first kappa shape index (κ1) is 19.3. The number of piperidine rings is 1. The summed E-state index contributed by atoms with van der Waals surface area (Å²) >= 11 is 0. The standard InChI is InChI=1S/C18H29F3N4O/c1-22-16(23-10-13-5-2-3-6-14(13)18(19,20)21)25-8-4-7-17(12-25)9-15(26)24-11-17/h13-14H,2-12H2,1H3,(H,22,23)(H,24,26). The van der Waals surface area contributed by atoms with Crippen LogP contribution in [0.5, 0.6) is 0 Å². The lowest BCUT2D eigenvalue weighted by molar-refractivity contribution is -0.195. The summed E-state index contributed by atoms with van der Waals surface area (Å²) in [4.78, 5) is 18.1. The summed E-state index contributed by atoms with van der Waals surface area (Å²) in [5.41, 5.74) is -0.0632. The summed E-state index contributed by atoms with van der Waals surface area (Å²) in [6.07, 6.45) is 0.720. The number of carbonyl (C=O) groups is 1. The Labute approximate surface area is 152 Å². The van der Waals surface area contributed by atoms with Crippen LogP contribution in [0.15, 0.2) is 4.99 Å². The van der Waals surface area contributed by atoms with E-state index in [1.807, 2.05) is 0 Å². The molecule has 2 heterocycles. The highest BCUT2D eigenvalue weighted by Gasteiger charge is 2.46. The molecule has 2 N–H and O–H groups in total. The summed E-state index contributed by atoms with van der Waals surface area (Å²) in [5, 5.41) is 6.11. The molecule has 26 heavy (non-hydrogen) atoms. The largest absolute Gasteiger partial charge is 0.392 e. The number of hydrogen-bond acceptors (Lipinski definition) is 2. The third-order valence-corrected chi connectivity index (χ3v) is 6.22. The Hall–Kier alpha value is -1.47. The lowest BCUT2D eigenvalue weighted by atomic mass is 9.78. The minimum Gasteiger partial charge on any atom is -0.356 e. The number of guanidine groups is 1. The molecule has 0 bridgehead atoms. The molecular weight excluding hydrogens is 345 g/mol. The number of amides is 1. The van der Waals surface area contributed by atoms with E-state index in [2.05, 4.69) is 20.5 Å². The lowest BCUT2D eigenvalue weighted by Crippen LogP contribution is -2.52. The number of nitrogens with one attached hydrogen (secondary N) is 2. The second kappa shape index (κ2) is 7.64. The molecule has 2 aliphatic heterocycles. The maximum Gasteiger partial charge on any atom is 0.392 e. The van der Waals surface area contributed by atoms with Crippen molar-refractivity contribution in [3.63, 3.8) is 0 Å². The average molecular weight is 374 g/mol. The second-order valence-corrected chi connectivity index (χ2v) is 8.10. The first-order valence-electron chi connectivity index (χ1n) is 9.62. The van der Waals surface area contributed by atoms with E-state index in [4.69, 9.17) is 0 Å². The number of alkyl halides is 3. The van der Waals surface area contributed by atoms with Gasteiger partial charge in [0.1, 0.15) is 0 Å². The van der Waals surface area contributed by atoms with E-state index in [0.717, 1.165) is 32.4 Å². The zero-order chi connectivity index (χ0) is 18.8. The number of carbonyl (C=O) groups excluding carboxylic acids is 1. The molecule has 3 unspecified atom stereocenters. The fourth-order valence-electron chi connectivity index (χ4n) is 4.87. The minimum atomic E-state index is -4.12. The first-order chi connectivity index (χ1) is 12.3. The molecule has 0 radical (unpaired) electrons. The van der Waals surface area contributed by atoms with Gasteiger partial charge in [0.25, 0.3) is 0 Å². The van der Waals surface area contributed by atoms with Crippen molar-refractivity contribution in [2.24, 2.45) is 22.2 Å². The molecule has 1 saturated carbocycles. The Morgan fingerprint density at radius 3 is 2.77 bits per heavy atom. The van der Waals surface area contributed by atoms with Crippen LogP contribution in [0.25, 0.3) is 0 Å². The summed E-state index contributed by atoms with van der Waals surface area (Å²) in [5.74, 6) is -0.861. The van der Waals surface area contributed by atoms with Gasteiger partial charge in [0.2, 0.25) is 5.91 Å². The number of nitrogens with zero attached hydrogens (tertiary/aromatic N) is 2. The molecule has 148 valence electrons. The molecule has 1 spiro atoms. The fraction of sp³-hybridized carbons (Fsp3) is 0.889. The number of rotatable bonds is 2. The Morgan fingerprint density at radius 1 is 1.35 bits per heavy atom. The lowest BCUT2D eigenvalue weighted by Gasteiger charge is -2.41. The number of hydrogen-bond donors (Lipinski definition) is 2. The van der Waals surface area contributed by atoms with Gasteiger partial charge in [-0.25, -0.2) is 0 Å². The van der Waals surface area contributed by atoms with Crippen LogP contribution in [-0.4, -0.2) is 56.2 Å². The smallest absolute Gasteiger partial charge is 0.356 e. The van der Waals surface area contributed by atoms with E-state index in [-0.39, 0.29) is 17.7 Å². The van der Waals surface area contributed by atoms with Crippen molar-refractivity contribution in [3.05, 3.63) is 0 Å². The Morgan fingerprint density at radius 2 is 2.12 bits per heavy atom. The van der Waals surface area contributed by atoms with Crippen molar-refractivity contribution in [1.82, 2.24) is 15.5 Å². The molecule has 0 aromatic carbocycles. The normalized spacial score (nSPS) is 33.5. The molecule has 5 nitrogen and oxygen atoms in total. The fourth-order valence-corrected chi connectivity index (χ4v) is 4.87. The van der Waals surface area contributed by atoms with Crippen molar-refractivity contribution in [2.75, 3.05) is 33.2 Å². The van der Waals surface area contributed by atoms with Crippen molar-refractivity contribution in [1.29, 1.82) is 0 Å². The summed E-state index contributed by atoms with van der Waals surface area (Å²) in [7, 11) is 1.67. The van der Waals surface area contributed by atoms with Gasteiger partial charge in [0.05, 0.1) is 5.92 Å². The zero-order valence-corrected chi connectivity index (χ0v) is 15.4. The Bertz CT molecular complexity index is 551. The van der Waals surface area contributed by atoms with Gasteiger partial charge in [0, 0.05) is 45.1 Å². The average Bonchev–Trinajstić information content (AvgIpc) is 2.95. The van der Waals surface area contributed by atoms with Crippen LogP contribution in [0.4, 0.5) is 13.2 Å². The SMILES string of the molecule is CN=C(NCC1CCCCC1C(F)(F)F)N1CCCC2(CNC(=O)C2)C1. The van der Waals surface area contributed by atoms with Gasteiger partial charge >= 0.3 is 6.18 Å². The topological polar surface area (TPSA) is 56.7 Å². The summed E-state index contributed by atoms with van der Waals surface area (Å²) in [6, 6.07) is 0. The molecule has 3 rings (SSSR count). The van der Waals surface area contributed by atoms with Crippen LogP contribution >= 0.6 is 0 Å². The predicted octanol–water partition coefficient (Wildman–Crippen LogP) is 2.53. The van der Waals surface area contributed by atoms with Crippen LogP contribution in [-0.2, 0) is 4.79 Å². The second-order valence-electron chi connectivity index (χ2n) is 8.10. The van der Waals surface area contributed by atoms with E-state index < -0.39 is 18.0 Å². The summed E-state index contributed by atoms with van der Waals surface area (Å²) in [6.45, 7) is 2.53. The molecular formula is C18H29F3N4O. The quantitative estimate of drug-likeness (QED) is 0.577. The van der Waals surface area contributed by atoms with Gasteiger partial charge in [-0.3, -0.25) is 9.79 Å². The van der Waals surface area contributed by atoms with E-state index in [1.165, 1.54) is 0 Å². The highest BCUT2D eigenvalue weighted by Crippen LogP contribution is 2.41. The van der Waals surface area contributed by atoms with Crippen LogP contribution in [0, 0.1) is 17.3 Å². The highest BCUT2D eigenvalue weighted by atomic mass is 19.4. The Kier molecular flexibility index (Phi) is 5.67. The van der Waals surface area contributed by atoms with Crippen LogP contribution in [0.1, 0.15) is 44.9 Å². The van der Waals surface area contributed by atoms with E-state index >= 15 is 0 Å². The van der Waals surface area contributed by atoms with E-state index in [1.54, 1.807) is 7.05 Å². The molecule has 1 aliphatic carbocycles. The van der Waals surface area contributed by atoms with Gasteiger partial charge in [-0.05, 0) is 31.6 Å². The predicted molar refractivity (Wildman–Crippen MR) is 93.7 cm³/mol. The van der Waals surface area contributed by atoms with Gasteiger partial charge < -0.3 is 15.5 Å². The highest BCUT2D eigenvalue weighted by molar-refractivity contribution is 5.81. The maximum atomic E-state index is 13.3. The van der Waals surface area contributed by atoms with Gasteiger partial charge in [-0.2, -0.15) is 13.2 Å². The van der Waals surface area contributed by atoms with Crippen molar-refractivity contribution in [2.45, 2.75) is 51.1 Å². The number of halogens is 3. The van der Waals surface area contributed by atoms with Gasteiger partial charge in [-0.1, -0.05) is 12.8 Å². The van der Waals surface area contributed by atoms with Crippen molar-refractivity contribution < 1.29 is 18.0 Å². The number of aliphatic imine (C=N–C) groups is 1. The van der Waals surface area contributed by atoms with Crippen molar-refractivity contribution in [3.8, 4) is 0 Å². The minimum absolute atomic E-state index is 0.0632. The number of likely N-dealkylation sites (tertiary alicyclic amines) is 1. The van der Waals surface area contributed by atoms with Crippen LogP contribution in [0.3, 0.4) is 0 Å². The van der Waals surface area contributed by atoms with Gasteiger partial charge in [-0.15, -0.1) is 0 Å². The molecule has 2 saturated heterocycles. The third-order valence-electron chi connectivity index (χ3n) is 6.22. The Balaban J connectivity index is 1.60. The summed E-state index contributed by atoms with van der Waals surface area (Å²) < 4.78 is 39.8. The van der Waals surface area contributed by atoms with Crippen LogP contribution in [0.2, 0.25) is 0 Å². The maximum absolute atomic E-state index is 13.3. The van der Waals surface area contributed by atoms with Crippen molar-refractivity contribution >= 4 is 11.9 Å². The molecule has 0 aromatic heterocycles. The molecule has 8 heteroatoms. The molecule has 3 fully saturated rings. The first-order valence-corrected chi connectivity index (χ1v) is 9.62. The molecule has 1 amide bonds. The zero-order valence-electron chi connectivity index (χ0n) is 15.4. The van der Waals surface area contributed by atoms with E-state index in [0.29, 0.717) is 38.3 Å².